The molecule has 0 radical (unpaired) electrons. The normalized spacial score (nSPS) is 13.5. The molecule has 4 aromatic rings. The smallest absolute Gasteiger partial charge is 0.115 e. The van der Waals surface area contributed by atoms with E-state index in [1.807, 2.05) is 24.3 Å². The van der Waals surface area contributed by atoms with E-state index in [0.717, 1.165) is 11.1 Å². The first-order valence-electron chi connectivity index (χ1n) is 8.69. The molecule has 4 aromatic carbocycles. The van der Waals surface area contributed by atoms with Crippen molar-refractivity contribution in [3.63, 3.8) is 0 Å². The average Bonchev–Trinajstić information content (AvgIpc) is 3.01. The molecular formula is C25H16O. The van der Waals surface area contributed by atoms with Gasteiger partial charge < -0.3 is 5.11 Å². The minimum Gasteiger partial charge on any atom is -0.508 e. The monoisotopic (exact) mass is 332 g/mol. The Bertz CT molecular complexity index is 1030. The van der Waals surface area contributed by atoms with Crippen molar-refractivity contribution in [3.05, 3.63) is 125 Å². The van der Waals surface area contributed by atoms with E-state index in [1.54, 1.807) is 12.1 Å². The Balaban J connectivity index is 1.96. The molecule has 0 aromatic heterocycles. The van der Waals surface area contributed by atoms with Crippen molar-refractivity contribution in [2.75, 3.05) is 0 Å². The van der Waals surface area contributed by atoms with Crippen LogP contribution in [0, 0.1) is 12.1 Å². The van der Waals surface area contributed by atoms with E-state index >= 15 is 0 Å². The van der Waals surface area contributed by atoms with Gasteiger partial charge in [-0.05, 0) is 63.7 Å². The van der Waals surface area contributed by atoms with Crippen molar-refractivity contribution in [2.45, 2.75) is 5.41 Å². The Morgan fingerprint density at radius 2 is 1.23 bits per heavy atom. The summed E-state index contributed by atoms with van der Waals surface area (Å²) in [5, 5.41) is 9.83. The summed E-state index contributed by atoms with van der Waals surface area (Å²) in [5.41, 5.74) is 6.88. The van der Waals surface area contributed by atoms with Gasteiger partial charge in [0.25, 0.3) is 0 Å². The second-order valence-electron chi connectivity index (χ2n) is 6.61. The number of aromatic hydroxyl groups is 1. The summed E-state index contributed by atoms with van der Waals surface area (Å²) < 4.78 is 0. The molecule has 0 fully saturated rings. The molecule has 0 spiro atoms. The minimum atomic E-state index is -0.424. The highest BCUT2D eigenvalue weighted by Gasteiger charge is 2.45. The summed E-state index contributed by atoms with van der Waals surface area (Å²) in [6.45, 7) is 0. The molecule has 122 valence electrons. The van der Waals surface area contributed by atoms with Gasteiger partial charge in [-0.3, -0.25) is 0 Å². The van der Waals surface area contributed by atoms with Crippen molar-refractivity contribution in [3.8, 4) is 16.9 Å². The van der Waals surface area contributed by atoms with Crippen molar-refractivity contribution < 1.29 is 5.11 Å². The van der Waals surface area contributed by atoms with Gasteiger partial charge in [0.15, 0.2) is 0 Å². The quantitative estimate of drug-likeness (QED) is 0.462. The maximum absolute atomic E-state index is 9.83. The lowest BCUT2D eigenvalue weighted by molar-refractivity contribution is 0.475. The van der Waals surface area contributed by atoms with Crippen molar-refractivity contribution in [2.24, 2.45) is 0 Å². The molecular weight excluding hydrogens is 316 g/mol. The first kappa shape index (κ1) is 14.8. The van der Waals surface area contributed by atoms with Gasteiger partial charge in [-0.1, -0.05) is 72.8 Å². The largest absolute Gasteiger partial charge is 0.508 e. The summed E-state index contributed by atoms with van der Waals surface area (Å²) in [4.78, 5) is 0. The van der Waals surface area contributed by atoms with Gasteiger partial charge in [-0.15, -0.1) is 0 Å². The standard InChI is InChI=1S/C25H16O/c26-20-16-14-19(15-17-20)25(18-8-2-1-3-9-18)23-12-6-4-10-21(23)22-11-5-7-13-24(22)25/h2,4-17,26H. The van der Waals surface area contributed by atoms with Gasteiger partial charge in [0.1, 0.15) is 5.75 Å². The molecule has 1 aliphatic carbocycles. The van der Waals surface area contributed by atoms with E-state index in [0.29, 0.717) is 0 Å². The lowest BCUT2D eigenvalue weighted by Crippen LogP contribution is -2.28. The van der Waals surface area contributed by atoms with Crippen molar-refractivity contribution >= 4 is 0 Å². The minimum absolute atomic E-state index is 0.274. The van der Waals surface area contributed by atoms with Gasteiger partial charge >= 0.3 is 0 Å². The van der Waals surface area contributed by atoms with Crippen molar-refractivity contribution in [1.29, 1.82) is 0 Å². The van der Waals surface area contributed by atoms with Gasteiger partial charge in [0.2, 0.25) is 0 Å². The summed E-state index contributed by atoms with van der Waals surface area (Å²) >= 11 is 0. The first-order chi connectivity index (χ1) is 12.8. The zero-order valence-electron chi connectivity index (χ0n) is 14.1. The Labute approximate surface area is 153 Å². The molecule has 1 aliphatic rings. The van der Waals surface area contributed by atoms with Gasteiger partial charge in [0, 0.05) is 0 Å². The third-order valence-electron chi connectivity index (χ3n) is 5.34. The Kier molecular flexibility index (Phi) is 3.14. The molecule has 1 N–H and O–H groups in total. The highest BCUT2D eigenvalue weighted by molar-refractivity contribution is 5.86. The van der Waals surface area contributed by atoms with Crippen LogP contribution in [0.3, 0.4) is 0 Å². The molecule has 0 heterocycles. The van der Waals surface area contributed by atoms with Crippen LogP contribution < -0.4 is 0 Å². The SMILES string of the molecule is Oc1ccc(C2(c3cc#ccc3)c3ccccc3-c3ccccc32)cc1. The van der Waals surface area contributed by atoms with Crippen LogP contribution in [0.4, 0.5) is 0 Å². The zero-order valence-corrected chi connectivity index (χ0v) is 14.1. The lowest BCUT2D eigenvalue weighted by Gasteiger charge is -2.33. The molecule has 0 amide bonds. The second kappa shape index (κ2) is 5.51. The number of hydrogen-bond acceptors (Lipinski definition) is 1. The molecule has 26 heavy (non-hydrogen) atoms. The van der Waals surface area contributed by atoms with Gasteiger partial charge in [-0.25, -0.2) is 0 Å². The van der Waals surface area contributed by atoms with Crippen LogP contribution in [-0.4, -0.2) is 5.11 Å². The summed E-state index contributed by atoms with van der Waals surface area (Å²) in [6, 6.07) is 36.9. The molecule has 0 saturated heterocycles. The first-order valence-corrected chi connectivity index (χ1v) is 8.69. The number of hydrogen-bond donors (Lipinski definition) is 1. The van der Waals surface area contributed by atoms with Crippen LogP contribution in [0.25, 0.3) is 11.1 Å². The Hall–Kier alpha value is -3.50. The number of fused-ring (bicyclic) bond motifs is 3. The summed E-state index contributed by atoms with van der Waals surface area (Å²) in [7, 11) is 0. The molecule has 0 unspecified atom stereocenters. The maximum Gasteiger partial charge on any atom is 0.115 e. The van der Waals surface area contributed by atoms with E-state index in [1.165, 1.54) is 22.3 Å². The lowest BCUT2D eigenvalue weighted by atomic mass is 9.68. The Morgan fingerprint density at radius 1 is 0.615 bits per heavy atom. The fourth-order valence-corrected chi connectivity index (χ4v) is 4.32. The van der Waals surface area contributed by atoms with E-state index in [-0.39, 0.29) is 5.75 Å². The van der Waals surface area contributed by atoms with E-state index in [9.17, 15) is 5.11 Å². The predicted octanol–water partition coefficient (Wildman–Crippen LogP) is 5.36. The maximum atomic E-state index is 9.83. The number of rotatable bonds is 2. The van der Waals surface area contributed by atoms with Crippen LogP contribution in [0.15, 0.2) is 91.0 Å². The molecule has 0 saturated carbocycles. The summed E-state index contributed by atoms with van der Waals surface area (Å²) in [6.07, 6.45) is 0. The molecule has 0 aliphatic heterocycles. The highest BCUT2D eigenvalue weighted by atomic mass is 16.3. The number of benzene rings is 3. The van der Waals surface area contributed by atoms with Crippen LogP contribution in [0.2, 0.25) is 0 Å². The topological polar surface area (TPSA) is 20.2 Å². The van der Waals surface area contributed by atoms with Crippen LogP contribution in [0.1, 0.15) is 22.3 Å². The van der Waals surface area contributed by atoms with E-state index in [4.69, 9.17) is 0 Å². The number of phenols is 1. The second-order valence-corrected chi connectivity index (χ2v) is 6.61. The fourth-order valence-electron chi connectivity index (χ4n) is 4.32. The van der Waals surface area contributed by atoms with Gasteiger partial charge in [-0.2, -0.15) is 0 Å². The number of phenolic OH excluding ortho intramolecular Hbond substituents is 1. The van der Waals surface area contributed by atoms with Crippen LogP contribution in [0.5, 0.6) is 5.75 Å². The average molecular weight is 332 g/mol. The van der Waals surface area contributed by atoms with Crippen LogP contribution >= 0.6 is 0 Å². The predicted molar refractivity (Wildman–Crippen MR) is 103 cm³/mol. The third-order valence-corrected chi connectivity index (χ3v) is 5.34. The Morgan fingerprint density at radius 3 is 1.81 bits per heavy atom. The zero-order chi connectivity index (χ0) is 17.6. The van der Waals surface area contributed by atoms with Gasteiger partial charge in [0.05, 0.1) is 5.41 Å². The molecule has 1 nitrogen and oxygen atoms in total. The van der Waals surface area contributed by atoms with Crippen molar-refractivity contribution in [1.82, 2.24) is 0 Å². The molecule has 0 bridgehead atoms. The molecule has 1 heteroatoms. The van der Waals surface area contributed by atoms with Crippen LogP contribution in [-0.2, 0) is 5.41 Å². The third kappa shape index (κ3) is 1.87. The van der Waals surface area contributed by atoms with E-state index in [2.05, 4.69) is 66.7 Å². The fraction of sp³-hybridized carbons (Fsp3) is 0.0400. The highest BCUT2D eigenvalue weighted by Crippen LogP contribution is 2.55. The summed E-state index contributed by atoms with van der Waals surface area (Å²) in [5.74, 6) is 0.274. The van der Waals surface area contributed by atoms with E-state index < -0.39 is 5.41 Å². The molecule has 5 rings (SSSR count). The molecule has 0 atom stereocenters.